The van der Waals surface area contributed by atoms with Crippen molar-refractivity contribution in [3.63, 3.8) is 0 Å². The summed E-state index contributed by atoms with van der Waals surface area (Å²) >= 11 is 0. The largest absolute Gasteiger partial charge is 0.497 e. The van der Waals surface area contributed by atoms with Gasteiger partial charge in [-0.15, -0.1) is 0 Å². The fourth-order valence-electron chi connectivity index (χ4n) is 3.34. The smallest absolute Gasteiger partial charge is 0.254 e. The summed E-state index contributed by atoms with van der Waals surface area (Å²) in [6.07, 6.45) is 3.44. The molecule has 29 heavy (non-hydrogen) atoms. The molecule has 0 spiro atoms. The zero-order valence-electron chi connectivity index (χ0n) is 16.3. The average Bonchev–Trinajstić information content (AvgIpc) is 2.79. The number of carbonyl (C=O) groups is 1. The van der Waals surface area contributed by atoms with Crippen molar-refractivity contribution in [2.24, 2.45) is 0 Å². The number of nitrogens with one attached hydrogen (secondary N) is 1. The van der Waals surface area contributed by atoms with Crippen molar-refractivity contribution in [3.8, 4) is 5.75 Å². The van der Waals surface area contributed by atoms with Crippen LogP contribution in [0.1, 0.15) is 10.4 Å². The van der Waals surface area contributed by atoms with Crippen molar-refractivity contribution in [1.29, 1.82) is 0 Å². The molecule has 1 N–H and O–H groups in total. The van der Waals surface area contributed by atoms with E-state index in [0.29, 0.717) is 24.5 Å². The van der Waals surface area contributed by atoms with Gasteiger partial charge in [-0.05, 0) is 36.4 Å². The Morgan fingerprint density at radius 2 is 1.83 bits per heavy atom. The van der Waals surface area contributed by atoms with Crippen molar-refractivity contribution in [1.82, 2.24) is 14.9 Å². The third kappa shape index (κ3) is 4.45. The Morgan fingerprint density at radius 1 is 0.966 bits per heavy atom. The van der Waals surface area contributed by atoms with E-state index in [1.807, 2.05) is 47.4 Å². The molecule has 3 aromatic rings. The van der Waals surface area contributed by atoms with Crippen LogP contribution in [0.3, 0.4) is 0 Å². The first-order valence-electron chi connectivity index (χ1n) is 9.55. The number of rotatable bonds is 5. The first kappa shape index (κ1) is 18.7. The lowest BCUT2D eigenvalue weighted by molar-refractivity contribution is 0.0746. The Balaban J connectivity index is 1.41. The molecule has 0 unspecified atom stereocenters. The van der Waals surface area contributed by atoms with Crippen LogP contribution in [0.25, 0.3) is 0 Å². The zero-order chi connectivity index (χ0) is 20.1. The number of anilines is 3. The number of aromatic nitrogens is 2. The summed E-state index contributed by atoms with van der Waals surface area (Å²) in [4.78, 5) is 25.8. The molecular formula is C22H23N5O2. The Kier molecular flexibility index (Phi) is 5.56. The summed E-state index contributed by atoms with van der Waals surface area (Å²) in [6.45, 7) is 2.86. The number of piperazine rings is 1. The standard InChI is InChI=1S/C22H23N5O2/c1-29-19-6-4-5-18(16-19)25-20-15-17(8-10-23-20)22(28)27-13-11-26(12-14-27)21-7-2-3-9-24-21/h2-10,15-16H,11-14H2,1H3,(H,23,25). The first-order valence-corrected chi connectivity index (χ1v) is 9.55. The van der Waals surface area contributed by atoms with Crippen LogP contribution in [0.4, 0.5) is 17.3 Å². The van der Waals surface area contributed by atoms with Gasteiger partial charge in [-0.1, -0.05) is 12.1 Å². The quantitative estimate of drug-likeness (QED) is 0.723. The Morgan fingerprint density at radius 3 is 2.59 bits per heavy atom. The third-order valence-corrected chi connectivity index (χ3v) is 4.89. The van der Waals surface area contributed by atoms with E-state index < -0.39 is 0 Å². The van der Waals surface area contributed by atoms with Crippen LogP contribution in [0.15, 0.2) is 67.0 Å². The molecule has 0 bridgehead atoms. The SMILES string of the molecule is COc1cccc(Nc2cc(C(=O)N3CCN(c4ccccn4)CC3)ccn2)c1. The Bertz CT molecular complexity index is 972. The number of ether oxygens (including phenoxy) is 1. The second kappa shape index (κ2) is 8.60. The van der Waals surface area contributed by atoms with Gasteiger partial charge in [-0.3, -0.25) is 4.79 Å². The average molecular weight is 389 g/mol. The lowest BCUT2D eigenvalue weighted by atomic mass is 10.2. The van der Waals surface area contributed by atoms with E-state index in [4.69, 9.17) is 4.74 Å². The number of carbonyl (C=O) groups excluding carboxylic acids is 1. The minimum absolute atomic E-state index is 0.0155. The number of hydrogen-bond donors (Lipinski definition) is 1. The van der Waals surface area contributed by atoms with E-state index in [9.17, 15) is 4.79 Å². The topological polar surface area (TPSA) is 70.6 Å². The maximum absolute atomic E-state index is 13.0. The maximum atomic E-state index is 13.0. The van der Waals surface area contributed by atoms with E-state index in [1.165, 1.54) is 0 Å². The minimum Gasteiger partial charge on any atom is -0.497 e. The molecule has 0 aliphatic carbocycles. The van der Waals surface area contributed by atoms with Gasteiger partial charge in [0.25, 0.3) is 5.91 Å². The van der Waals surface area contributed by atoms with E-state index in [-0.39, 0.29) is 5.91 Å². The minimum atomic E-state index is 0.0155. The first-order chi connectivity index (χ1) is 14.2. The predicted molar refractivity (Wildman–Crippen MR) is 113 cm³/mol. The van der Waals surface area contributed by atoms with Crippen molar-refractivity contribution in [2.45, 2.75) is 0 Å². The summed E-state index contributed by atoms with van der Waals surface area (Å²) in [6, 6.07) is 17.0. The van der Waals surface area contributed by atoms with Crippen LogP contribution < -0.4 is 15.0 Å². The Hall–Kier alpha value is -3.61. The van der Waals surface area contributed by atoms with Crippen molar-refractivity contribution in [3.05, 3.63) is 72.6 Å². The molecule has 1 aliphatic rings. The molecule has 7 nitrogen and oxygen atoms in total. The van der Waals surface area contributed by atoms with Gasteiger partial charge in [0.1, 0.15) is 17.4 Å². The molecule has 1 saturated heterocycles. The maximum Gasteiger partial charge on any atom is 0.254 e. The summed E-state index contributed by atoms with van der Waals surface area (Å²) < 4.78 is 5.24. The molecule has 7 heteroatoms. The second-order valence-corrected chi connectivity index (χ2v) is 6.75. The highest BCUT2D eigenvalue weighted by atomic mass is 16.5. The van der Waals surface area contributed by atoms with Crippen molar-refractivity contribution in [2.75, 3.05) is 43.5 Å². The fraction of sp³-hybridized carbons (Fsp3) is 0.227. The summed E-state index contributed by atoms with van der Waals surface area (Å²) in [5.74, 6) is 2.35. The van der Waals surface area contributed by atoms with Crippen LogP contribution >= 0.6 is 0 Å². The molecule has 1 amide bonds. The number of methoxy groups -OCH3 is 1. The van der Waals surface area contributed by atoms with Crippen LogP contribution in [0.5, 0.6) is 5.75 Å². The van der Waals surface area contributed by atoms with Gasteiger partial charge in [-0.2, -0.15) is 0 Å². The number of pyridine rings is 2. The molecule has 0 radical (unpaired) electrons. The van der Waals surface area contributed by atoms with Crippen LogP contribution in [-0.4, -0.2) is 54.1 Å². The lowest BCUT2D eigenvalue weighted by Crippen LogP contribution is -2.49. The van der Waals surface area contributed by atoms with Crippen LogP contribution in [0, 0.1) is 0 Å². The predicted octanol–water partition coefficient (Wildman–Crippen LogP) is 3.19. The highest BCUT2D eigenvalue weighted by Gasteiger charge is 2.23. The van der Waals surface area contributed by atoms with Gasteiger partial charge < -0.3 is 19.9 Å². The molecule has 3 heterocycles. The van der Waals surface area contributed by atoms with E-state index in [2.05, 4.69) is 20.2 Å². The normalized spacial score (nSPS) is 13.8. The molecule has 4 rings (SSSR count). The molecule has 1 aromatic carbocycles. The van der Waals surface area contributed by atoms with E-state index in [1.54, 1.807) is 31.6 Å². The molecule has 1 fully saturated rings. The number of nitrogens with zero attached hydrogens (tertiary/aromatic N) is 4. The van der Waals surface area contributed by atoms with Crippen LogP contribution in [-0.2, 0) is 0 Å². The van der Waals surface area contributed by atoms with Gasteiger partial charge in [0.15, 0.2) is 0 Å². The molecule has 1 aliphatic heterocycles. The molecule has 0 atom stereocenters. The molecule has 148 valence electrons. The third-order valence-electron chi connectivity index (χ3n) is 4.89. The van der Waals surface area contributed by atoms with Gasteiger partial charge in [0, 0.05) is 55.9 Å². The van der Waals surface area contributed by atoms with Gasteiger partial charge in [0.2, 0.25) is 0 Å². The number of amides is 1. The number of benzene rings is 1. The summed E-state index contributed by atoms with van der Waals surface area (Å²) in [5.41, 5.74) is 1.47. The van der Waals surface area contributed by atoms with Gasteiger partial charge >= 0.3 is 0 Å². The van der Waals surface area contributed by atoms with Gasteiger partial charge in [-0.25, -0.2) is 9.97 Å². The second-order valence-electron chi connectivity index (χ2n) is 6.75. The molecular weight excluding hydrogens is 366 g/mol. The van der Waals surface area contributed by atoms with E-state index >= 15 is 0 Å². The molecule has 0 saturated carbocycles. The van der Waals surface area contributed by atoms with Crippen molar-refractivity contribution < 1.29 is 9.53 Å². The fourth-order valence-corrected chi connectivity index (χ4v) is 3.34. The van der Waals surface area contributed by atoms with Crippen LogP contribution in [0.2, 0.25) is 0 Å². The van der Waals surface area contributed by atoms with Gasteiger partial charge in [0.05, 0.1) is 7.11 Å². The van der Waals surface area contributed by atoms with E-state index in [0.717, 1.165) is 30.3 Å². The zero-order valence-corrected chi connectivity index (χ0v) is 16.3. The number of hydrogen-bond acceptors (Lipinski definition) is 6. The molecule has 2 aromatic heterocycles. The highest BCUT2D eigenvalue weighted by molar-refractivity contribution is 5.95. The lowest BCUT2D eigenvalue weighted by Gasteiger charge is -2.35. The monoisotopic (exact) mass is 389 g/mol. The Labute approximate surface area is 170 Å². The summed E-state index contributed by atoms with van der Waals surface area (Å²) in [7, 11) is 1.63. The highest BCUT2D eigenvalue weighted by Crippen LogP contribution is 2.21. The summed E-state index contributed by atoms with van der Waals surface area (Å²) in [5, 5.41) is 3.23. The van der Waals surface area contributed by atoms with Crippen molar-refractivity contribution >= 4 is 23.2 Å².